The Kier molecular flexibility index (Phi) is 6.26. The average Bonchev–Trinajstić information content (AvgIpc) is 3.07. The number of methoxy groups -OCH3 is 2. The van der Waals surface area contributed by atoms with Crippen molar-refractivity contribution in [2.75, 3.05) is 34.4 Å². The smallest absolute Gasteiger partial charge is 0.325 e. The minimum atomic E-state index is -1.07. The van der Waals surface area contributed by atoms with Crippen LogP contribution in [0.4, 0.5) is 4.79 Å². The lowest BCUT2D eigenvalue weighted by atomic mass is 9.76. The molecule has 1 N–H and O–H groups in total. The lowest BCUT2D eigenvalue weighted by Gasteiger charge is -2.33. The Labute approximate surface area is 193 Å². The number of fused-ring (bicyclic) bond motifs is 2. The summed E-state index contributed by atoms with van der Waals surface area (Å²) in [7, 11) is 4.83. The molecule has 2 aliphatic rings. The molecule has 1 saturated heterocycles. The van der Waals surface area contributed by atoms with Gasteiger partial charge in [0.05, 0.1) is 14.2 Å². The molecule has 174 valence electrons. The van der Waals surface area contributed by atoms with Crippen molar-refractivity contribution >= 4 is 17.8 Å². The van der Waals surface area contributed by atoms with Gasteiger partial charge in [0.2, 0.25) is 5.91 Å². The van der Waals surface area contributed by atoms with Gasteiger partial charge in [-0.25, -0.2) is 4.79 Å². The van der Waals surface area contributed by atoms with E-state index >= 15 is 0 Å². The van der Waals surface area contributed by atoms with Gasteiger partial charge in [0.25, 0.3) is 5.91 Å². The number of hydrogen-bond acceptors (Lipinski definition) is 5. The average molecular weight is 452 g/mol. The lowest BCUT2D eigenvalue weighted by Crippen LogP contribution is -2.47. The van der Waals surface area contributed by atoms with E-state index in [4.69, 9.17) is 9.47 Å². The van der Waals surface area contributed by atoms with Gasteiger partial charge < -0.3 is 19.7 Å². The maximum Gasteiger partial charge on any atom is 0.325 e. The molecule has 0 radical (unpaired) electrons. The highest BCUT2D eigenvalue weighted by atomic mass is 16.5. The van der Waals surface area contributed by atoms with Gasteiger partial charge >= 0.3 is 6.03 Å². The third-order valence-corrected chi connectivity index (χ3v) is 6.55. The van der Waals surface area contributed by atoms with E-state index < -0.39 is 11.6 Å². The van der Waals surface area contributed by atoms with Crippen molar-refractivity contribution in [1.29, 1.82) is 0 Å². The molecule has 2 aromatic rings. The molecule has 1 atom stereocenters. The highest BCUT2D eigenvalue weighted by molar-refractivity contribution is 6.09. The van der Waals surface area contributed by atoms with Crippen LogP contribution in [0.25, 0.3) is 0 Å². The van der Waals surface area contributed by atoms with Crippen LogP contribution in [-0.2, 0) is 28.0 Å². The number of benzene rings is 2. The molecule has 4 rings (SSSR count). The van der Waals surface area contributed by atoms with Crippen LogP contribution in [0.1, 0.15) is 29.5 Å². The summed E-state index contributed by atoms with van der Waals surface area (Å²) >= 11 is 0. The number of nitrogens with zero attached hydrogens (tertiary/aromatic N) is 2. The molecule has 1 fully saturated rings. The highest BCUT2D eigenvalue weighted by Crippen LogP contribution is 2.39. The third-order valence-electron chi connectivity index (χ3n) is 6.55. The van der Waals surface area contributed by atoms with Gasteiger partial charge in [0, 0.05) is 13.6 Å². The van der Waals surface area contributed by atoms with E-state index in [1.165, 1.54) is 4.90 Å². The second-order valence-electron chi connectivity index (χ2n) is 8.49. The standard InChI is InChI=1S/C25H29N3O5/c1-27(14-12-17-10-11-20(32-2)21(15-17)33-3)22(29)16-28-23(30)25(26-24(28)31)13-6-8-18-7-4-5-9-19(18)25/h4-5,7,9-11,15H,6,8,12-14,16H2,1-3H3,(H,26,31)/t25-/m0/s1. The Balaban J connectivity index is 1.42. The van der Waals surface area contributed by atoms with E-state index in [1.807, 2.05) is 42.5 Å². The highest BCUT2D eigenvalue weighted by Gasteiger charge is 2.54. The van der Waals surface area contributed by atoms with Gasteiger partial charge in [0.15, 0.2) is 11.5 Å². The van der Waals surface area contributed by atoms with Crippen LogP contribution in [0, 0.1) is 0 Å². The molecule has 1 aliphatic carbocycles. The summed E-state index contributed by atoms with van der Waals surface area (Å²) in [6.45, 7) is 0.156. The molecule has 8 nitrogen and oxygen atoms in total. The lowest BCUT2D eigenvalue weighted by molar-refractivity contribution is -0.138. The number of urea groups is 1. The first-order valence-corrected chi connectivity index (χ1v) is 11.1. The number of likely N-dealkylation sites (N-methyl/N-ethyl adjacent to an activating group) is 1. The molecular weight excluding hydrogens is 422 g/mol. The van der Waals surface area contributed by atoms with E-state index in [0.717, 1.165) is 34.4 Å². The molecule has 0 bridgehead atoms. The summed E-state index contributed by atoms with van der Waals surface area (Å²) in [6.07, 6.45) is 2.81. The van der Waals surface area contributed by atoms with Crippen LogP contribution in [0.5, 0.6) is 11.5 Å². The van der Waals surface area contributed by atoms with Crippen molar-refractivity contribution < 1.29 is 23.9 Å². The Morgan fingerprint density at radius 2 is 1.88 bits per heavy atom. The number of carbonyl (C=O) groups is 3. The summed E-state index contributed by atoms with van der Waals surface area (Å²) < 4.78 is 10.6. The molecule has 0 unspecified atom stereocenters. The number of imide groups is 1. The molecule has 0 aromatic heterocycles. The van der Waals surface area contributed by atoms with Crippen LogP contribution in [-0.4, -0.2) is 62.0 Å². The van der Waals surface area contributed by atoms with Crippen molar-refractivity contribution in [2.45, 2.75) is 31.2 Å². The predicted octanol–water partition coefficient (Wildman–Crippen LogP) is 2.49. The fourth-order valence-corrected chi connectivity index (χ4v) is 4.67. The molecule has 1 spiro atoms. The Bertz CT molecular complexity index is 1090. The molecular formula is C25H29N3O5. The Hall–Kier alpha value is -3.55. The second kappa shape index (κ2) is 9.13. The minimum Gasteiger partial charge on any atom is -0.493 e. The zero-order chi connectivity index (χ0) is 23.6. The second-order valence-corrected chi connectivity index (χ2v) is 8.49. The first kappa shape index (κ1) is 22.6. The Morgan fingerprint density at radius 1 is 1.12 bits per heavy atom. The first-order valence-electron chi connectivity index (χ1n) is 11.1. The quantitative estimate of drug-likeness (QED) is 0.654. The van der Waals surface area contributed by atoms with Gasteiger partial charge in [-0.2, -0.15) is 0 Å². The first-order chi connectivity index (χ1) is 15.9. The van der Waals surface area contributed by atoms with Gasteiger partial charge in [-0.15, -0.1) is 0 Å². The van der Waals surface area contributed by atoms with E-state index in [9.17, 15) is 14.4 Å². The zero-order valence-electron chi connectivity index (χ0n) is 19.2. The molecule has 4 amide bonds. The summed E-state index contributed by atoms with van der Waals surface area (Å²) in [5, 5.41) is 2.89. The molecule has 1 heterocycles. The molecule has 33 heavy (non-hydrogen) atoms. The van der Waals surface area contributed by atoms with E-state index in [0.29, 0.717) is 30.9 Å². The van der Waals surface area contributed by atoms with Crippen LogP contribution < -0.4 is 14.8 Å². The molecule has 8 heteroatoms. The third kappa shape index (κ3) is 4.13. The Morgan fingerprint density at radius 3 is 2.64 bits per heavy atom. The van der Waals surface area contributed by atoms with Crippen molar-refractivity contribution in [3.05, 3.63) is 59.2 Å². The summed E-state index contributed by atoms with van der Waals surface area (Å²) in [6, 6.07) is 12.8. The largest absolute Gasteiger partial charge is 0.493 e. The summed E-state index contributed by atoms with van der Waals surface area (Å²) in [5.41, 5.74) is 1.83. The van der Waals surface area contributed by atoms with Gasteiger partial charge in [-0.05, 0) is 54.5 Å². The SMILES string of the molecule is COc1ccc(CCN(C)C(=O)CN2C(=O)N[C@]3(CCCc4ccccc43)C2=O)cc1OC. The topological polar surface area (TPSA) is 88.2 Å². The maximum absolute atomic E-state index is 13.4. The van der Waals surface area contributed by atoms with Crippen LogP contribution in [0.3, 0.4) is 0 Å². The molecule has 0 saturated carbocycles. The van der Waals surface area contributed by atoms with Crippen molar-refractivity contribution in [2.24, 2.45) is 0 Å². The monoisotopic (exact) mass is 451 g/mol. The van der Waals surface area contributed by atoms with Gasteiger partial charge in [-0.1, -0.05) is 30.3 Å². The van der Waals surface area contributed by atoms with Crippen LogP contribution >= 0.6 is 0 Å². The summed E-state index contributed by atoms with van der Waals surface area (Å²) in [5.74, 6) is 0.630. The number of hydrogen-bond donors (Lipinski definition) is 1. The number of aryl methyl sites for hydroxylation is 1. The minimum absolute atomic E-state index is 0.281. The fourth-order valence-electron chi connectivity index (χ4n) is 4.67. The zero-order valence-corrected chi connectivity index (χ0v) is 19.2. The summed E-state index contributed by atoms with van der Waals surface area (Å²) in [4.78, 5) is 41.6. The molecule has 2 aromatic carbocycles. The predicted molar refractivity (Wildman–Crippen MR) is 122 cm³/mol. The number of nitrogens with one attached hydrogen (secondary N) is 1. The number of rotatable bonds is 7. The van der Waals surface area contributed by atoms with E-state index in [1.54, 1.807) is 21.3 Å². The van der Waals surface area contributed by atoms with Crippen molar-refractivity contribution in [3.63, 3.8) is 0 Å². The van der Waals surface area contributed by atoms with E-state index in [-0.39, 0.29) is 18.4 Å². The molecule has 1 aliphatic heterocycles. The maximum atomic E-state index is 13.4. The fraction of sp³-hybridized carbons (Fsp3) is 0.400. The van der Waals surface area contributed by atoms with Crippen molar-refractivity contribution in [1.82, 2.24) is 15.1 Å². The number of carbonyl (C=O) groups excluding carboxylic acids is 3. The van der Waals surface area contributed by atoms with Gasteiger partial charge in [-0.3, -0.25) is 14.5 Å². The van der Waals surface area contributed by atoms with Crippen LogP contribution in [0.2, 0.25) is 0 Å². The van der Waals surface area contributed by atoms with Crippen LogP contribution in [0.15, 0.2) is 42.5 Å². The normalized spacial score (nSPS) is 19.3. The van der Waals surface area contributed by atoms with Crippen molar-refractivity contribution in [3.8, 4) is 11.5 Å². The van der Waals surface area contributed by atoms with Gasteiger partial charge in [0.1, 0.15) is 12.1 Å². The van der Waals surface area contributed by atoms with E-state index in [2.05, 4.69) is 5.32 Å². The number of ether oxygens (including phenoxy) is 2. The number of amides is 4.